The zero-order chi connectivity index (χ0) is 13.7. The molecule has 19 heavy (non-hydrogen) atoms. The lowest BCUT2D eigenvalue weighted by Crippen LogP contribution is -2.44. The molecular weight excluding hydrogens is 240 g/mol. The third kappa shape index (κ3) is 4.64. The number of hydrogen-bond acceptors (Lipinski definition) is 4. The predicted octanol–water partition coefficient (Wildman–Crippen LogP) is 2.39. The fraction of sp³-hybridized carbons (Fsp3) is 0.733. The molecule has 108 valence electrons. The van der Waals surface area contributed by atoms with Gasteiger partial charge in [0.25, 0.3) is 0 Å². The molecule has 0 aliphatic carbocycles. The monoisotopic (exact) mass is 266 g/mol. The first-order valence-corrected chi connectivity index (χ1v) is 7.33. The highest BCUT2D eigenvalue weighted by Gasteiger charge is 2.22. The second-order valence-electron chi connectivity index (χ2n) is 5.50. The summed E-state index contributed by atoms with van der Waals surface area (Å²) in [5.74, 6) is 2.08. The molecule has 1 saturated heterocycles. The van der Waals surface area contributed by atoms with Gasteiger partial charge in [-0.05, 0) is 38.9 Å². The maximum atomic E-state index is 5.86. The second kappa shape index (κ2) is 7.08. The van der Waals surface area contributed by atoms with E-state index in [1.807, 2.05) is 0 Å². The van der Waals surface area contributed by atoms with Crippen molar-refractivity contribution in [1.82, 2.24) is 10.2 Å². The summed E-state index contributed by atoms with van der Waals surface area (Å²) < 4.78 is 11.6. The quantitative estimate of drug-likeness (QED) is 0.802. The molecule has 0 bridgehead atoms. The minimum absolute atomic E-state index is 0.310. The van der Waals surface area contributed by atoms with E-state index in [-0.39, 0.29) is 0 Å². The standard InChI is InChI=1S/C15H26N2O2/c1-4-7-16-8-14-5-6-15(19-14)11-17-9-12(2)18-13(3)10-17/h5-6,12-13,16H,4,7-11H2,1-3H3. The number of furan rings is 1. The van der Waals surface area contributed by atoms with Gasteiger partial charge in [-0.15, -0.1) is 0 Å². The van der Waals surface area contributed by atoms with Crippen LogP contribution < -0.4 is 5.32 Å². The predicted molar refractivity (Wildman–Crippen MR) is 76.0 cm³/mol. The molecule has 1 aromatic heterocycles. The molecule has 0 saturated carbocycles. The Balaban J connectivity index is 1.82. The summed E-state index contributed by atoms with van der Waals surface area (Å²) in [7, 11) is 0. The van der Waals surface area contributed by atoms with E-state index in [1.54, 1.807) is 0 Å². The SMILES string of the molecule is CCCNCc1ccc(CN2CC(C)OC(C)C2)o1. The molecule has 1 fully saturated rings. The molecular formula is C15H26N2O2. The average Bonchev–Trinajstić information content (AvgIpc) is 2.76. The number of nitrogens with one attached hydrogen (secondary N) is 1. The zero-order valence-electron chi connectivity index (χ0n) is 12.3. The van der Waals surface area contributed by atoms with Gasteiger partial charge in [0.05, 0.1) is 25.3 Å². The van der Waals surface area contributed by atoms with Crippen molar-refractivity contribution in [3.8, 4) is 0 Å². The maximum Gasteiger partial charge on any atom is 0.118 e. The van der Waals surface area contributed by atoms with Crippen molar-refractivity contribution in [2.75, 3.05) is 19.6 Å². The molecule has 2 atom stereocenters. The molecule has 0 aromatic carbocycles. The van der Waals surface area contributed by atoms with E-state index >= 15 is 0 Å². The van der Waals surface area contributed by atoms with E-state index in [4.69, 9.17) is 9.15 Å². The van der Waals surface area contributed by atoms with Crippen LogP contribution in [0.2, 0.25) is 0 Å². The van der Waals surface area contributed by atoms with Gasteiger partial charge in [-0.1, -0.05) is 6.92 Å². The van der Waals surface area contributed by atoms with Crippen LogP contribution in [0.25, 0.3) is 0 Å². The number of rotatable bonds is 6. The van der Waals surface area contributed by atoms with Crippen LogP contribution in [-0.4, -0.2) is 36.7 Å². The highest BCUT2D eigenvalue weighted by Crippen LogP contribution is 2.16. The van der Waals surface area contributed by atoms with Gasteiger partial charge in [0.15, 0.2) is 0 Å². The molecule has 4 heteroatoms. The third-order valence-electron chi connectivity index (χ3n) is 3.32. The summed E-state index contributed by atoms with van der Waals surface area (Å²) in [5, 5.41) is 3.36. The molecule has 0 radical (unpaired) electrons. The zero-order valence-corrected chi connectivity index (χ0v) is 12.3. The van der Waals surface area contributed by atoms with Gasteiger partial charge < -0.3 is 14.5 Å². The highest BCUT2D eigenvalue weighted by molar-refractivity contribution is 5.07. The van der Waals surface area contributed by atoms with Crippen LogP contribution in [0.15, 0.2) is 16.5 Å². The topological polar surface area (TPSA) is 37.6 Å². The van der Waals surface area contributed by atoms with Crippen LogP contribution in [0.1, 0.15) is 38.7 Å². The lowest BCUT2D eigenvalue weighted by atomic mass is 10.2. The van der Waals surface area contributed by atoms with Crippen molar-refractivity contribution >= 4 is 0 Å². The van der Waals surface area contributed by atoms with E-state index in [1.165, 1.54) is 0 Å². The summed E-state index contributed by atoms with van der Waals surface area (Å²) in [6.07, 6.45) is 1.77. The van der Waals surface area contributed by atoms with Crippen LogP contribution in [-0.2, 0) is 17.8 Å². The van der Waals surface area contributed by atoms with Crippen LogP contribution in [0.4, 0.5) is 0 Å². The molecule has 1 aliphatic rings. The summed E-state index contributed by atoms with van der Waals surface area (Å²) in [4.78, 5) is 2.40. The van der Waals surface area contributed by atoms with Crippen molar-refractivity contribution in [2.24, 2.45) is 0 Å². The molecule has 2 rings (SSSR count). The Morgan fingerprint density at radius 2 is 1.89 bits per heavy atom. The number of nitrogens with zero attached hydrogens (tertiary/aromatic N) is 1. The Morgan fingerprint density at radius 1 is 1.21 bits per heavy atom. The summed E-state index contributed by atoms with van der Waals surface area (Å²) >= 11 is 0. The van der Waals surface area contributed by atoms with Crippen LogP contribution in [0, 0.1) is 0 Å². The molecule has 1 aromatic rings. The molecule has 2 unspecified atom stereocenters. The minimum atomic E-state index is 0.310. The molecule has 2 heterocycles. The van der Waals surface area contributed by atoms with Crippen LogP contribution in [0.3, 0.4) is 0 Å². The van der Waals surface area contributed by atoms with Crippen molar-refractivity contribution in [1.29, 1.82) is 0 Å². The first-order chi connectivity index (χ1) is 9.17. The number of ether oxygens (including phenoxy) is 1. The number of morpholine rings is 1. The maximum absolute atomic E-state index is 5.86. The third-order valence-corrected chi connectivity index (χ3v) is 3.32. The molecule has 4 nitrogen and oxygen atoms in total. The Bertz CT molecular complexity index is 368. The van der Waals surface area contributed by atoms with E-state index in [0.29, 0.717) is 12.2 Å². The first-order valence-electron chi connectivity index (χ1n) is 7.33. The van der Waals surface area contributed by atoms with Gasteiger partial charge in [-0.25, -0.2) is 0 Å². The molecule has 1 aliphatic heterocycles. The normalized spacial score (nSPS) is 24.8. The fourth-order valence-electron chi connectivity index (χ4n) is 2.62. The van der Waals surface area contributed by atoms with E-state index in [2.05, 4.69) is 43.1 Å². The first kappa shape index (κ1) is 14.6. The number of hydrogen-bond donors (Lipinski definition) is 1. The molecule has 0 amide bonds. The molecule has 0 spiro atoms. The van der Waals surface area contributed by atoms with Crippen LogP contribution >= 0.6 is 0 Å². The van der Waals surface area contributed by atoms with Crippen molar-refractivity contribution in [3.05, 3.63) is 23.7 Å². The van der Waals surface area contributed by atoms with Gasteiger partial charge >= 0.3 is 0 Å². The Morgan fingerprint density at radius 3 is 2.58 bits per heavy atom. The Hall–Kier alpha value is -0.840. The van der Waals surface area contributed by atoms with E-state index < -0.39 is 0 Å². The lowest BCUT2D eigenvalue weighted by molar-refractivity contribution is -0.0718. The molecule has 1 N–H and O–H groups in total. The second-order valence-corrected chi connectivity index (χ2v) is 5.50. The van der Waals surface area contributed by atoms with Gasteiger partial charge in [0, 0.05) is 13.1 Å². The largest absolute Gasteiger partial charge is 0.463 e. The average molecular weight is 266 g/mol. The van der Waals surface area contributed by atoms with Crippen molar-refractivity contribution < 1.29 is 9.15 Å². The smallest absolute Gasteiger partial charge is 0.118 e. The Labute approximate surface area is 116 Å². The highest BCUT2D eigenvalue weighted by atomic mass is 16.5. The fourth-order valence-corrected chi connectivity index (χ4v) is 2.62. The van der Waals surface area contributed by atoms with Gasteiger partial charge in [0.1, 0.15) is 11.5 Å². The Kier molecular flexibility index (Phi) is 5.43. The summed E-state index contributed by atoms with van der Waals surface area (Å²) in [6, 6.07) is 4.17. The van der Waals surface area contributed by atoms with Gasteiger partial charge in [-0.2, -0.15) is 0 Å². The minimum Gasteiger partial charge on any atom is -0.463 e. The van der Waals surface area contributed by atoms with E-state index in [9.17, 15) is 0 Å². The lowest BCUT2D eigenvalue weighted by Gasteiger charge is -2.34. The van der Waals surface area contributed by atoms with Gasteiger partial charge in [0.2, 0.25) is 0 Å². The van der Waals surface area contributed by atoms with Crippen molar-refractivity contribution in [3.63, 3.8) is 0 Å². The van der Waals surface area contributed by atoms with E-state index in [0.717, 1.165) is 50.7 Å². The van der Waals surface area contributed by atoms with Gasteiger partial charge in [-0.3, -0.25) is 4.90 Å². The summed E-state index contributed by atoms with van der Waals surface area (Å²) in [5.41, 5.74) is 0. The van der Waals surface area contributed by atoms with Crippen LogP contribution in [0.5, 0.6) is 0 Å². The summed E-state index contributed by atoms with van der Waals surface area (Å²) in [6.45, 7) is 11.1. The van der Waals surface area contributed by atoms with Crippen molar-refractivity contribution in [2.45, 2.75) is 52.5 Å².